The van der Waals surface area contributed by atoms with Gasteiger partial charge in [-0.15, -0.1) is 0 Å². The molecule has 3 heteroatoms. The minimum Gasteiger partial charge on any atom is -0.426 e. The van der Waals surface area contributed by atoms with Crippen molar-refractivity contribution in [2.45, 2.75) is 12.3 Å². The molecular formula is C15H11ClO2. The van der Waals surface area contributed by atoms with Gasteiger partial charge >= 0.3 is 5.97 Å². The number of ether oxygens (including phenoxy) is 1. The normalized spacial score (nSPS) is 17.4. The van der Waals surface area contributed by atoms with Gasteiger partial charge in [0.2, 0.25) is 0 Å². The Hall–Kier alpha value is -1.80. The van der Waals surface area contributed by atoms with E-state index in [9.17, 15) is 4.79 Å². The largest absolute Gasteiger partial charge is 0.426 e. The van der Waals surface area contributed by atoms with Gasteiger partial charge in [-0.1, -0.05) is 41.9 Å². The molecule has 0 saturated heterocycles. The molecule has 90 valence electrons. The van der Waals surface area contributed by atoms with E-state index in [2.05, 4.69) is 0 Å². The number of halogens is 1. The standard InChI is InChI=1S/C15H11ClO2/c16-11-7-5-10(6-8-11)9-13-12-3-1-2-4-14(12)18-15(13)17/h1-8,13H,9H2. The Labute approximate surface area is 110 Å². The van der Waals surface area contributed by atoms with Crippen molar-refractivity contribution >= 4 is 17.6 Å². The second-order valence-corrected chi connectivity index (χ2v) is 4.78. The molecule has 0 amide bonds. The lowest BCUT2D eigenvalue weighted by Gasteiger charge is -2.07. The highest BCUT2D eigenvalue weighted by Gasteiger charge is 2.32. The molecule has 1 aliphatic rings. The molecule has 0 fully saturated rings. The summed E-state index contributed by atoms with van der Waals surface area (Å²) >= 11 is 5.85. The molecule has 0 N–H and O–H groups in total. The van der Waals surface area contributed by atoms with Crippen LogP contribution in [0.15, 0.2) is 48.5 Å². The SMILES string of the molecule is O=C1Oc2ccccc2C1Cc1ccc(Cl)cc1. The molecule has 0 aliphatic carbocycles. The van der Waals surface area contributed by atoms with E-state index in [1.54, 1.807) is 0 Å². The summed E-state index contributed by atoms with van der Waals surface area (Å²) in [5.74, 6) is 0.301. The highest BCUT2D eigenvalue weighted by molar-refractivity contribution is 6.30. The molecule has 2 aromatic carbocycles. The van der Waals surface area contributed by atoms with Crippen molar-refractivity contribution in [2.75, 3.05) is 0 Å². The third-order valence-corrected chi connectivity index (χ3v) is 3.39. The number of para-hydroxylation sites is 1. The zero-order chi connectivity index (χ0) is 12.5. The lowest BCUT2D eigenvalue weighted by Crippen LogP contribution is -2.12. The number of rotatable bonds is 2. The summed E-state index contributed by atoms with van der Waals surface area (Å²) in [5.41, 5.74) is 2.05. The van der Waals surface area contributed by atoms with E-state index in [0.717, 1.165) is 11.1 Å². The van der Waals surface area contributed by atoms with Gasteiger partial charge in [0.1, 0.15) is 5.75 Å². The summed E-state index contributed by atoms with van der Waals surface area (Å²) in [6, 6.07) is 15.1. The molecule has 2 nitrogen and oxygen atoms in total. The van der Waals surface area contributed by atoms with Gasteiger partial charge in [0, 0.05) is 10.6 Å². The monoisotopic (exact) mass is 258 g/mol. The van der Waals surface area contributed by atoms with Crippen molar-refractivity contribution < 1.29 is 9.53 Å². The molecule has 1 aliphatic heterocycles. The fourth-order valence-corrected chi connectivity index (χ4v) is 2.34. The van der Waals surface area contributed by atoms with Gasteiger partial charge < -0.3 is 4.74 Å². The Kier molecular flexibility index (Phi) is 2.80. The van der Waals surface area contributed by atoms with Crippen molar-refractivity contribution in [2.24, 2.45) is 0 Å². The van der Waals surface area contributed by atoms with Crippen LogP contribution in [-0.2, 0) is 11.2 Å². The molecule has 0 radical (unpaired) electrons. The molecule has 18 heavy (non-hydrogen) atoms. The summed E-state index contributed by atoms with van der Waals surface area (Å²) in [5, 5.41) is 0.702. The van der Waals surface area contributed by atoms with Crippen LogP contribution in [0.5, 0.6) is 5.75 Å². The maximum Gasteiger partial charge on any atom is 0.319 e. The molecule has 0 bridgehead atoms. The fourth-order valence-electron chi connectivity index (χ4n) is 2.22. The number of hydrogen-bond donors (Lipinski definition) is 0. The molecule has 2 aromatic rings. The minimum atomic E-state index is -0.206. The Morgan fingerprint density at radius 3 is 2.56 bits per heavy atom. The molecule has 0 saturated carbocycles. The van der Waals surface area contributed by atoms with Gasteiger partial charge in [-0.05, 0) is 30.2 Å². The van der Waals surface area contributed by atoms with E-state index in [4.69, 9.17) is 16.3 Å². The molecule has 1 atom stereocenters. The number of fused-ring (bicyclic) bond motifs is 1. The number of carbonyl (C=O) groups is 1. The second-order valence-electron chi connectivity index (χ2n) is 4.34. The Morgan fingerprint density at radius 2 is 1.78 bits per heavy atom. The van der Waals surface area contributed by atoms with Crippen molar-refractivity contribution in [3.63, 3.8) is 0 Å². The summed E-state index contributed by atoms with van der Waals surface area (Å²) in [7, 11) is 0. The van der Waals surface area contributed by atoms with Crippen molar-refractivity contribution in [1.82, 2.24) is 0 Å². The van der Waals surface area contributed by atoms with Gasteiger partial charge in [0.05, 0.1) is 5.92 Å². The van der Waals surface area contributed by atoms with Crippen LogP contribution >= 0.6 is 11.6 Å². The summed E-state index contributed by atoms with van der Waals surface area (Å²) in [4.78, 5) is 11.9. The van der Waals surface area contributed by atoms with Crippen LogP contribution in [0.25, 0.3) is 0 Å². The smallest absolute Gasteiger partial charge is 0.319 e. The molecular weight excluding hydrogens is 248 g/mol. The number of esters is 1. The molecule has 0 spiro atoms. The molecule has 0 aromatic heterocycles. The van der Waals surface area contributed by atoms with E-state index in [0.29, 0.717) is 17.2 Å². The van der Waals surface area contributed by atoms with Crippen LogP contribution in [0.2, 0.25) is 5.02 Å². The van der Waals surface area contributed by atoms with Crippen LogP contribution in [0.3, 0.4) is 0 Å². The Balaban J connectivity index is 1.89. The minimum absolute atomic E-state index is 0.175. The fraction of sp³-hybridized carbons (Fsp3) is 0.133. The zero-order valence-corrected chi connectivity index (χ0v) is 10.4. The maximum absolute atomic E-state index is 11.9. The van der Waals surface area contributed by atoms with Crippen LogP contribution in [0.1, 0.15) is 17.0 Å². The Morgan fingerprint density at radius 1 is 1.06 bits per heavy atom. The lowest BCUT2D eigenvalue weighted by molar-refractivity contribution is -0.134. The van der Waals surface area contributed by atoms with Crippen LogP contribution in [0.4, 0.5) is 0 Å². The number of benzene rings is 2. The van der Waals surface area contributed by atoms with E-state index >= 15 is 0 Å². The lowest BCUT2D eigenvalue weighted by atomic mass is 9.93. The van der Waals surface area contributed by atoms with Gasteiger partial charge in [0.15, 0.2) is 0 Å². The average molecular weight is 259 g/mol. The average Bonchev–Trinajstić information content (AvgIpc) is 2.69. The summed E-state index contributed by atoms with van der Waals surface area (Å²) in [6.45, 7) is 0. The quantitative estimate of drug-likeness (QED) is 0.608. The van der Waals surface area contributed by atoms with Gasteiger partial charge in [0.25, 0.3) is 0 Å². The third kappa shape index (κ3) is 2.00. The van der Waals surface area contributed by atoms with Crippen LogP contribution in [0, 0.1) is 0 Å². The maximum atomic E-state index is 11.9. The molecule has 3 rings (SSSR count). The number of carbonyl (C=O) groups excluding carboxylic acids is 1. The first-order valence-corrected chi connectivity index (χ1v) is 6.17. The highest BCUT2D eigenvalue weighted by Crippen LogP contribution is 2.36. The van der Waals surface area contributed by atoms with E-state index in [1.165, 1.54) is 0 Å². The first kappa shape index (κ1) is 11.3. The number of hydrogen-bond acceptors (Lipinski definition) is 2. The first-order chi connectivity index (χ1) is 8.74. The predicted octanol–water partition coefficient (Wildman–Crippen LogP) is 3.59. The van der Waals surface area contributed by atoms with Gasteiger partial charge in [-0.3, -0.25) is 4.79 Å². The van der Waals surface area contributed by atoms with E-state index in [1.807, 2.05) is 48.5 Å². The van der Waals surface area contributed by atoms with E-state index < -0.39 is 0 Å². The van der Waals surface area contributed by atoms with Crippen LogP contribution in [-0.4, -0.2) is 5.97 Å². The Bertz CT molecular complexity index is 590. The highest BCUT2D eigenvalue weighted by atomic mass is 35.5. The third-order valence-electron chi connectivity index (χ3n) is 3.14. The van der Waals surface area contributed by atoms with Gasteiger partial charge in [-0.2, -0.15) is 0 Å². The summed E-state index contributed by atoms with van der Waals surface area (Å²) in [6.07, 6.45) is 0.646. The second kappa shape index (κ2) is 4.46. The van der Waals surface area contributed by atoms with Crippen LogP contribution < -0.4 is 4.74 Å². The topological polar surface area (TPSA) is 26.3 Å². The molecule has 1 unspecified atom stereocenters. The molecule has 1 heterocycles. The van der Waals surface area contributed by atoms with Crippen molar-refractivity contribution in [3.8, 4) is 5.75 Å². The van der Waals surface area contributed by atoms with Gasteiger partial charge in [-0.25, -0.2) is 0 Å². The zero-order valence-electron chi connectivity index (χ0n) is 9.60. The first-order valence-electron chi connectivity index (χ1n) is 5.79. The predicted molar refractivity (Wildman–Crippen MR) is 70.0 cm³/mol. The van der Waals surface area contributed by atoms with Crippen molar-refractivity contribution in [1.29, 1.82) is 0 Å². The van der Waals surface area contributed by atoms with Crippen molar-refractivity contribution in [3.05, 3.63) is 64.7 Å². The summed E-state index contributed by atoms with van der Waals surface area (Å²) < 4.78 is 5.25. The van der Waals surface area contributed by atoms with E-state index in [-0.39, 0.29) is 11.9 Å².